The Morgan fingerprint density at radius 3 is 2.88 bits per heavy atom. The Labute approximate surface area is 104 Å². The molecule has 1 heterocycles. The predicted molar refractivity (Wildman–Crippen MR) is 66.8 cm³/mol. The van der Waals surface area contributed by atoms with Gasteiger partial charge in [-0.25, -0.2) is 0 Å². The molecular formula is C13H16O3S. The van der Waals surface area contributed by atoms with Crippen LogP contribution in [0.25, 0.3) is 0 Å². The number of carboxylic acid groups (broad SMARTS) is 1. The molecule has 1 aromatic heterocycles. The van der Waals surface area contributed by atoms with Crippen molar-refractivity contribution in [1.29, 1.82) is 0 Å². The molecule has 0 spiro atoms. The number of carboxylic acids is 1. The van der Waals surface area contributed by atoms with Crippen molar-refractivity contribution >= 4 is 23.1 Å². The summed E-state index contributed by atoms with van der Waals surface area (Å²) in [4.78, 5) is 24.5. The van der Waals surface area contributed by atoms with Crippen LogP contribution < -0.4 is 0 Å². The Kier molecular flexibility index (Phi) is 3.94. The van der Waals surface area contributed by atoms with E-state index in [-0.39, 0.29) is 12.2 Å². The molecule has 1 aromatic rings. The summed E-state index contributed by atoms with van der Waals surface area (Å²) in [5.74, 6) is -0.454. The largest absolute Gasteiger partial charge is 0.481 e. The van der Waals surface area contributed by atoms with Crippen molar-refractivity contribution in [2.75, 3.05) is 0 Å². The minimum absolute atomic E-state index is 0.240. The normalized spacial score (nSPS) is 14.7. The molecule has 0 saturated heterocycles. The van der Waals surface area contributed by atoms with Crippen LogP contribution in [-0.2, 0) is 17.6 Å². The van der Waals surface area contributed by atoms with Crippen molar-refractivity contribution in [2.45, 2.75) is 44.9 Å². The molecule has 0 aliphatic heterocycles. The van der Waals surface area contributed by atoms with Crippen LogP contribution >= 0.6 is 11.3 Å². The second-order valence-electron chi connectivity index (χ2n) is 4.43. The molecule has 0 unspecified atom stereocenters. The van der Waals surface area contributed by atoms with E-state index in [4.69, 9.17) is 5.11 Å². The predicted octanol–water partition coefficient (Wildman–Crippen LogP) is 3.06. The summed E-state index contributed by atoms with van der Waals surface area (Å²) in [7, 11) is 0. The van der Waals surface area contributed by atoms with Crippen LogP contribution in [0.1, 0.15) is 52.2 Å². The van der Waals surface area contributed by atoms with E-state index in [1.54, 1.807) is 11.3 Å². The Bertz CT molecular complexity index is 434. The van der Waals surface area contributed by atoms with Gasteiger partial charge in [-0.3, -0.25) is 9.59 Å². The fourth-order valence-electron chi connectivity index (χ4n) is 2.15. The van der Waals surface area contributed by atoms with E-state index in [0.29, 0.717) is 12.8 Å². The summed E-state index contributed by atoms with van der Waals surface area (Å²) >= 11 is 1.73. The van der Waals surface area contributed by atoms with Gasteiger partial charge in [0.15, 0.2) is 5.78 Å². The summed E-state index contributed by atoms with van der Waals surface area (Å²) in [5, 5.41) is 8.54. The molecule has 3 nitrogen and oxygen atoms in total. The van der Waals surface area contributed by atoms with Gasteiger partial charge in [-0.05, 0) is 38.2 Å². The van der Waals surface area contributed by atoms with Crippen LogP contribution in [0.2, 0.25) is 0 Å². The number of hydrogen-bond acceptors (Lipinski definition) is 3. The molecule has 0 bridgehead atoms. The van der Waals surface area contributed by atoms with E-state index in [1.807, 2.05) is 6.07 Å². The SMILES string of the molecule is O=C(O)CCCCc1cc2c(s1)CCCC2=O. The summed E-state index contributed by atoms with van der Waals surface area (Å²) in [6.07, 6.45) is 5.43. The molecule has 1 aliphatic rings. The van der Waals surface area contributed by atoms with Crippen LogP contribution in [0.3, 0.4) is 0 Å². The maximum Gasteiger partial charge on any atom is 0.303 e. The molecule has 0 fully saturated rings. The van der Waals surface area contributed by atoms with Gasteiger partial charge in [0.2, 0.25) is 0 Å². The molecule has 2 rings (SSSR count). The molecule has 92 valence electrons. The van der Waals surface area contributed by atoms with E-state index < -0.39 is 5.97 Å². The Morgan fingerprint density at radius 2 is 2.18 bits per heavy atom. The number of unbranched alkanes of at least 4 members (excludes halogenated alkanes) is 1. The molecule has 0 radical (unpaired) electrons. The highest BCUT2D eigenvalue weighted by Gasteiger charge is 2.19. The number of fused-ring (bicyclic) bond motifs is 1. The van der Waals surface area contributed by atoms with Gasteiger partial charge >= 0.3 is 5.97 Å². The zero-order valence-corrected chi connectivity index (χ0v) is 10.5. The highest BCUT2D eigenvalue weighted by atomic mass is 32.1. The van der Waals surface area contributed by atoms with Gasteiger partial charge in [0, 0.05) is 28.2 Å². The Balaban J connectivity index is 1.90. The third-order valence-corrected chi connectivity index (χ3v) is 4.29. The van der Waals surface area contributed by atoms with Crippen LogP contribution in [0.15, 0.2) is 6.07 Å². The maximum atomic E-state index is 11.6. The minimum atomic E-state index is -0.731. The summed E-state index contributed by atoms with van der Waals surface area (Å²) < 4.78 is 0. The van der Waals surface area contributed by atoms with E-state index in [9.17, 15) is 9.59 Å². The van der Waals surface area contributed by atoms with E-state index >= 15 is 0 Å². The monoisotopic (exact) mass is 252 g/mol. The van der Waals surface area contributed by atoms with Crippen LogP contribution in [0, 0.1) is 0 Å². The summed E-state index contributed by atoms with van der Waals surface area (Å²) in [5.41, 5.74) is 0.925. The number of aliphatic carboxylic acids is 1. The van der Waals surface area contributed by atoms with E-state index in [0.717, 1.165) is 31.2 Å². The van der Waals surface area contributed by atoms with Crippen molar-refractivity contribution in [2.24, 2.45) is 0 Å². The van der Waals surface area contributed by atoms with Gasteiger partial charge in [-0.1, -0.05) is 0 Å². The summed E-state index contributed by atoms with van der Waals surface area (Å²) in [6, 6.07) is 2.02. The molecule has 0 amide bonds. The van der Waals surface area contributed by atoms with Crippen LogP contribution in [0.5, 0.6) is 0 Å². The highest BCUT2D eigenvalue weighted by molar-refractivity contribution is 7.12. The zero-order chi connectivity index (χ0) is 12.3. The minimum Gasteiger partial charge on any atom is -0.481 e. The standard InChI is InChI=1S/C13H16O3S/c14-11-5-3-6-12-10(11)8-9(17-12)4-1-2-7-13(15)16/h8H,1-7H2,(H,15,16). The highest BCUT2D eigenvalue weighted by Crippen LogP contribution is 2.30. The Morgan fingerprint density at radius 1 is 1.35 bits per heavy atom. The topological polar surface area (TPSA) is 54.4 Å². The molecule has 0 aromatic carbocycles. The number of carbonyl (C=O) groups excluding carboxylic acids is 1. The third-order valence-electron chi connectivity index (χ3n) is 3.03. The van der Waals surface area contributed by atoms with E-state index in [1.165, 1.54) is 9.75 Å². The van der Waals surface area contributed by atoms with Crippen LogP contribution in [0.4, 0.5) is 0 Å². The second-order valence-corrected chi connectivity index (χ2v) is 5.65. The quantitative estimate of drug-likeness (QED) is 0.819. The van der Waals surface area contributed by atoms with Gasteiger partial charge in [0.1, 0.15) is 0 Å². The van der Waals surface area contributed by atoms with Gasteiger partial charge in [-0.15, -0.1) is 11.3 Å². The van der Waals surface area contributed by atoms with Gasteiger partial charge in [-0.2, -0.15) is 0 Å². The number of ketones is 1. The molecule has 1 N–H and O–H groups in total. The molecule has 0 atom stereocenters. The molecule has 4 heteroatoms. The average Bonchev–Trinajstić information content (AvgIpc) is 2.69. The zero-order valence-electron chi connectivity index (χ0n) is 9.70. The van der Waals surface area contributed by atoms with Crippen molar-refractivity contribution < 1.29 is 14.7 Å². The first-order valence-electron chi connectivity index (χ1n) is 6.03. The fraction of sp³-hybridized carbons (Fsp3) is 0.538. The van der Waals surface area contributed by atoms with Crippen molar-refractivity contribution in [3.63, 3.8) is 0 Å². The first-order chi connectivity index (χ1) is 8.16. The number of carbonyl (C=O) groups is 2. The fourth-order valence-corrected chi connectivity index (χ4v) is 3.42. The third kappa shape index (κ3) is 3.16. The summed E-state index contributed by atoms with van der Waals surface area (Å²) in [6.45, 7) is 0. The number of aryl methyl sites for hydroxylation is 2. The van der Waals surface area contributed by atoms with Crippen molar-refractivity contribution in [3.05, 3.63) is 21.4 Å². The first kappa shape index (κ1) is 12.3. The lowest BCUT2D eigenvalue weighted by Crippen LogP contribution is -2.06. The van der Waals surface area contributed by atoms with Gasteiger partial charge in [0.05, 0.1) is 0 Å². The molecular weight excluding hydrogens is 236 g/mol. The number of thiophene rings is 1. The Hall–Kier alpha value is -1.16. The van der Waals surface area contributed by atoms with Gasteiger partial charge in [0.25, 0.3) is 0 Å². The molecule has 0 saturated carbocycles. The molecule has 17 heavy (non-hydrogen) atoms. The lowest BCUT2D eigenvalue weighted by atomic mass is 9.97. The van der Waals surface area contributed by atoms with Gasteiger partial charge < -0.3 is 5.11 Å². The van der Waals surface area contributed by atoms with Crippen molar-refractivity contribution in [3.8, 4) is 0 Å². The van der Waals surface area contributed by atoms with E-state index in [2.05, 4.69) is 0 Å². The maximum absolute atomic E-state index is 11.6. The number of hydrogen-bond donors (Lipinski definition) is 1. The second kappa shape index (κ2) is 5.45. The lowest BCUT2D eigenvalue weighted by molar-refractivity contribution is -0.137. The smallest absolute Gasteiger partial charge is 0.303 e. The number of rotatable bonds is 5. The lowest BCUT2D eigenvalue weighted by Gasteiger charge is -2.07. The average molecular weight is 252 g/mol. The number of Topliss-reactive ketones (excluding diaryl/α,β-unsaturated/α-hetero) is 1. The van der Waals surface area contributed by atoms with Crippen LogP contribution in [-0.4, -0.2) is 16.9 Å². The first-order valence-corrected chi connectivity index (χ1v) is 6.85. The van der Waals surface area contributed by atoms with Crippen molar-refractivity contribution in [1.82, 2.24) is 0 Å². The molecule has 1 aliphatic carbocycles.